The van der Waals surface area contributed by atoms with Crippen LogP contribution in [0.15, 0.2) is 496 Å². The SMILES string of the molecule is Brc1oc2ccccc2c1C#Cc1ccc2ccccc2c1.Brc1oc2ccccc2c1I.C#C[Si](C)(C)C.C#Cc1ccc2ccccc2c1.C#Cc1ccc2ccccc2c1.C[Si](C)(C)C#Cc1ccc2ccccc2c1.Ic1ccc2ccccc2c1.O[B]Oc1cccc2c3ccccc3n(-c3ccccc3)c12.c1ccc(-n2c3ccccc3c3cccc(-c4oc5ccccc5c4-c4ccc5ccccc5c4)c32)cc1. The van der Waals surface area contributed by atoms with Crippen LogP contribution in [0.4, 0.5) is 0 Å². The first-order valence-corrected chi connectivity index (χ1v) is 59.7. The fraction of sp³-hybridized carbons (Fsp3) is 0.0441. The summed E-state index contributed by atoms with van der Waals surface area (Å²) in [6.07, 6.45) is 15.7. The minimum absolute atomic E-state index is 0.625. The smallest absolute Gasteiger partial charge is 0.536 e. The molecule has 0 aliphatic carbocycles. The lowest BCUT2D eigenvalue weighted by molar-refractivity contribution is 0.456. The summed E-state index contributed by atoms with van der Waals surface area (Å²) < 4.78 is 31.6. The molecule has 21 aromatic carbocycles. The third-order valence-corrected chi connectivity index (χ3v) is 30.2. The van der Waals surface area contributed by atoms with Crippen molar-refractivity contribution in [1.82, 2.24) is 9.13 Å². The summed E-state index contributed by atoms with van der Waals surface area (Å²) in [7, 11) is -1.65. The molecule has 1 radical (unpaired) electrons. The Morgan fingerprint density at radius 2 is 0.660 bits per heavy atom. The lowest BCUT2D eigenvalue weighted by Gasteiger charge is -2.12. The topological polar surface area (TPSA) is 78.7 Å². The molecule has 0 fully saturated rings. The largest absolute Gasteiger partial charge is 0.569 e. The van der Waals surface area contributed by atoms with Crippen molar-refractivity contribution in [3.05, 3.63) is 517 Å². The highest BCUT2D eigenvalue weighted by molar-refractivity contribution is 14.1. The van der Waals surface area contributed by atoms with Crippen LogP contribution < -0.4 is 4.65 Å². The Labute approximate surface area is 921 Å². The second-order valence-corrected chi connectivity index (χ2v) is 50.7. The highest BCUT2D eigenvalue weighted by atomic mass is 127. The van der Waals surface area contributed by atoms with Crippen LogP contribution in [0.3, 0.4) is 0 Å². The Morgan fingerprint density at radius 3 is 1.13 bits per heavy atom. The van der Waals surface area contributed by atoms with E-state index in [1.54, 1.807) is 0 Å². The number of fused-ring (bicyclic) bond motifs is 15. The normalized spacial score (nSPS) is 10.8. The molecule has 150 heavy (non-hydrogen) atoms. The highest BCUT2D eigenvalue weighted by Gasteiger charge is 2.25. The van der Waals surface area contributed by atoms with E-state index in [4.69, 9.17) is 42.2 Å². The first kappa shape index (κ1) is 104. The predicted molar refractivity (Wildman–Crippen MR) is 666 cm³/mol. The predicted octanol–water partition coefficient (Wildman–Crippen LogP) is 37.9. The van der Waals surface area contributed by atoms with Crippen molar-refractivity contribution in [3.63, 3.8) is 0 Å². The number of terminal acetylenes is 3. The zero-order valence-electron chi connectivity index (χ0n) is 83.3. The Morgan fingerprint density at radius 1 is 0.307 bits per heavy atom. The Hall–Kier alpha value is -16.1. The molecule has 0 unspecified atom stereocenters. The lowest BCUT2D eigenvalue weighted by atomic mass is 9.95. The molecule has 0 amide bonds. The number of para-hydroxylation sites is 9. The zero-order valence-corrected chi connectivity index (χ0v) is 92.8. The van der Waals surface area contributed by atoms with Crippen LogP contribution in [0, 0.1) is 67.1 Å². The molecule has 0 aliphatic rings. The number of rotatable bonds is 6. The van der Waals surface area contributed by atoms with Gasteiger partial charge in [-0.1, -0.05) is 403 Å². The van der Waals surface area contributed by atoms with E-state index in [9.17, 15) is 0 Å². The van der Waals surface area contributed by atoms with Gasteiger partial charge in [-0.15, -0.1) is 30.4 Å². The van der Waals surface area contributed by atoms with Crippen LogP contribution in [0.25, 0.3) is 175 Å². The number of nitrogens with zero attached hydrogens (tertiary/aromatic N) is 2. The van der Waals surface area contributed by atoms with Gasteiger partial charge < -0.3 is 32.1 Å². The van der Waals surface area contributed by atoms with E-state index in [0.29, 0.717) is 10.4 Å². The van der Waals surface area contributed by atoms with E-state index in [2.05, 4.69) is 463 Å². The number of aromatic nitrogens is 2. The van der Waals surface area contributed by atoms with Gasteiger partial charge in [0.1, 0.15) is 44.4 Å². The van der Waals surface area contributed by atoms with Gasteiger partial charge in [0.2, 0.25) is 0 Å². The number of benzene rings is 21. The number of halogens is 4. The fourth-order valence-corrected chi connectivity index (χ4v) is 20.1. The maximum atomic E-state index is 9.06. The van der Waals surface area contributed by atoms with Gasteiger partial charge in [-0.05, 0) is 287 Å². The molecule has 5 aromatic heterocycles. The molecule has 26 aromatic rings. The average molecular weight is 2320 g/mol. The van der Waals surface area contributed by atoms with Crippen molar-refractivity contribution in [2.75, 3.05) is 0 Å². The summed E-state index contributed by atoms with van der Waals surface area (Å²) in [4.78, 5) is 0. The summed E-state index contributed by atoms with van der Waals surface area (Å²) in [5.41, 5.74) is 23.7. The molecule has 5 heterocycles. The lowest BCUT2D eigenvalue weighted by Crippen LogP contribution is -2.16. The summed E-state index contributed by atoms with van der Waals surface area (Å²) >= 11 is 11.4. The molecule has 1 N–H and O–H groups in total. The van der Waals surface area contributed by atoms with Gasteiger partial charge in [0, 0.05) is 86.0 Å². The van der Waals surface area contributed by atoms with Crippen LogP contribution in [0.2, 0.25) is 39.3 Å². The average Bonchev–Trinajstić information content (AvgIpc) is 1.56. The van der Waals surface area contributed by atoms with Crippen molar-refractivity contribution in [2.45, 2.75) is 39.3 Å². The standard InChI is InChI=1S/C36H23NO.C20H11BrO.C18H13BNO2.C15H16Si.2C12H8.C10H7I.C8H4BrIO.C5H10Si/c1-2-13-27(14-3-1)37-32-19-8-6-15-28(32)29-17-10-18-31(35(29)37)36-34(30-16-7-9-20-33(30)38-36)26-22-21-24-11-4-5-12-25(24)23-26;21-20-18(17-7-3-4-8-19(17)22-20)12-10-14-9-11-15-5-1-2-6-16(15)13-14;21-19-22-17-12-6-10-15-14-9-4-5-11-16(14)20(18(15)17)13-7-2-1-3-8-13;1-16(2,3)11-10-13-8-9-14-6-4-5-7-15(14)12-13;2*1-2-10-7-8-11-5-3-4-6-12(11)9-10;11-10-6-5-8-3-1-2-4-9(8)7-10;9-8-7(10)5-3-1-2-4-6(5)11-8;1-5-6(2,3)4/h1-23H;1-9,11,13H;1-12,21H;4-9,12H,1-3H3;2*1,3-9H;1-7H;1-4H;1H,2-4H3. The van der Waals surface area contributed by atoms with Crippen molar-refractivity contribution in [2.24, 2.45) is 0 Å². The molecule has 0 atom stereocenters. The van der Waals surface area contributed by atoms with E-state index in [1.807, 2.05) is 176 Å². The van der Waals surface area contributed by atoms with E-state index in [1.165, 1.54) is 89.9 Å². The molecule has 0 bridgehead atoms. The second-order valence-electron chi connectivity index (χ2n) is 37.4. The van der Waals surface area contributed by atoms with E-state index >= 15 is 0 Å². The van der Waals surface area contributed by atoms with Crippen molar-refractivity contribution < 1.29 is 22.9 Å². The van der Waals surface area contributed by atoms with Crippen molar-refractivity contribution in [1.29, 1.82) is 0 Å². The van der Waals surface area contributed by atoms with Crippen molar-refractivity contribution in [3.8, 4) is 99.5 Å². The molecule has 0 saturated carbocycles. The zero-order chi connectivity index (χ0) is 104. The summed E-state index contributed by atoms with van der Waals surface area (Å²) in [6, 6.07) is 162. The molecule has 7 nitrogen and oxygen atoms in total. The second kappa shape index (κ2) is 48.7. The molecule has 0 saturated heterocycles. The van der Waals surface area contributed by atoms with Crippen LogP contribution in [-0.4, -0.2) is 38.0 Å². The maximum Gasteiger partial charge on any atom is 0.569 e. The number of hydrogen-bond donors (Lipinski definition) is 1. The van der Waals surface area contributed by atoms with Crippen LogP contribution >= 0.6 is 77.0 Å². The van der Waals surface area contributed by atoms with Gasteiger partial charge >= 0.3 is 7.69 Å². The minimum Gasteiger partial charge on any atom is -0.536 e. The quantitative estimate of drug-likeness (QED) is 0.102. The fourth-order valence-electron chi connectivity index (χ4n) is 17.7. The van der Waals surface area contributed by atoms with Crippen LogP contribution in [-0.2, 0) is 0 Å². The Balaban J connectivity index is 0.000000116. The first-order chi connectivity index (χ1) is 73.1. The number of furan rings is 3. The third-order valence-electron chi connectivity index (χ3n) is 24.9. The van der Waals surface area contributed by atoms with Crippen LogP contribution in [0.1, 0.15) is 27.8 Å². The molecule has 723 valence electrons. The minimum atomic E-state index is -1.27. The van der Waals surface area contributed by atoms with Gasteiger partial charge in [-0.3, -0.25) is 0 Å². The van der Waals surface area contributed by atoms with E-state index in [0.717, 1.165) is 132 Å². The van der Waals surface area contributed by atoms with Crippen molar-refractivity contribution >= 4 is 242 Å². The highest BCUT2D eigenvalue weighted by Crippen LogP contribution is 2.47. The first-order valence-electron chi connectivity index (χ1n) is 49.0. The van der Waals surface area contributed by atoms with Crippen LogP contribution in [0.5, 0.6) is 5.75 Å². The Kier molecular flexibility index (Phi) is 33.7. The molecule has 0 spiro atoms. The molecule has 14 heteroatoms. The monoisotopic (exact) mass is 2320 g/mol. The Bertz CT molecular complexity index is 9580. The van der Waals surface area contributed by atoms with Gasteiger partial charge in [-0.25, -0.2) is 0 Å². The third kappa shape index (κ3) is 25.1. The van der Waals surface area contributed by atoms with E-state index < -0.39 is 16.1 Å². The van der Waals surface area contributed by atoms with Gasteiger partial charge in [-0.2, -0.15) is 0 Å². The maximum absolute atomic E-state index is 9.06. The molecular formula is C136H100BBr2I2N2O5Si2. The van der Waals surface area contributed by atoms with E-state index in [-0.39, 0.29) is 0 Å². The van der Waals surface area contributed by atoms with Gasteiger partial charge in [0.25, 0.3) is 0 Å². The molecule has 26 rings (SSSR count). The molecule has 0 aliphatic heterocycles. The summed E-state index contributed by atoms with van der Waals surface area (Å²) in [5.74, 6) is 16.5. The van der Waals surface area contributed by atoms with Gasteiger partial charge in [0.05, 0.1) is 31.2 Å². The van der Waals surface area contributed by atoms with Gasteiger partial charge in [0.15, 0.2) is 9.34 Å². The molecular weight excluding hydrogens is 2220 g/mol. The summed E-state index contributed by atoms with van der Waals surface area (Å²) in [5, 5.41) is 32.0. The number of hydrogen-bond acceptors (Lipinski definition) is 5. The summed E-state index contributed by atoms with van der Waals surface area (Å²) in [6.45, 7) is 13.2.